The lowest BCUT2D eigenvalue weighted by atomic mass is 10.0. The van der Waals surface area contributed by atoms with Gasteiger partial charge in [0.15, 0.2) is 0 Å². The number of aliphatic hydroxyl groups excluding tert-OH is 3. The van der Waals surface area contributed by atoms with E-state index in [0.717, 1.165) is 6.92 Å². The Morgan fingerprint density at radius 1 is 0.456 bits per heavy atom. The summed E-state index contributed by atoms with van der Waals surface area (Å²) in [5, 5.41) is 87.7. The summed E-state index contributed by atoms with van der Waals surface area (Å²) < 4.78 is 0. The predicted octanol–water partition coefficient (Wildman–Crippen LogP) is -7.18. The van der Waals surface area contributed by atoms with E-state index in [1.165, 1.54) is 38.1 Å². The highest BCUT2D eigenvalue weighted by atomic mass is 16.4. The second-order valence-electron chi connectivity index (χ2n) is 18.1. The molecular weight excluding hydrogens is 1050 g/mol. The number of phenols is 1. The Morgan fingerprint density at radius 3 is 1.33 bits per heavy atom. The number of benzene rings is 2. The van der Waals surface area contributed by atoms with Gasteiger partial charge >= 0.3 is 17.9 Å². The predicted molar refractivity (Wildman–Crippen MR) is 270 cm³/mol. The number of rotatable bonds is 34. The van der Waals surface area contributed by atoms with Crippen LogP contribution in [0.5, 0.6) is 5.75 Å². The second-order valence-corrected chi connectivity index (χ2v) is 18.1. The highest BCUT2D eigenvalue weighted by Gasteiger charge is 2.36. The molecule has 10 atom stereocenters. The van der Waals surface area contributed by atoms with Crippen LogP contribution in [0.2, 0.25) is 0 Å². The minimum absolute atomic E-state index is 0.184. The standard InChI is InChI=1S/C48H67N11O20/c1-22(2)38(59-46(76)34(21-62)56-40(70)27(49)13-14-36(65)66)47(77)54-30(18-37(67)68)43(73)58-32(19-60)44(74)53-28(15-25-9-11-26(63)12-10-25)41(71)51-23(3)39(69)52-29(17-35(50)64)42(72)57-33(20-61)45(75)55-31(48(78)79)16-24-7-5-4-6-8-24/h4-12,22-23,27-34,38,60-63H,13-21,49H2,1-3H3,(H2,50,64)(H,51,71)(H,52,69)(H,53,74)(H,54,77)(H,55,75)(H,56,70)(H,57,72)(H,58,73)(H,59,76)(H,65,66)(H,67,68)(H,78,79)/t23-,27-,28-,29-,30-,31-,32-,33-,34-,38-/m0/s1. The Labute approximate surface area is 450 Å². The molecule has 0 saturated heterocycles. The molecule has 31 heteroatoms. The molecule has 2 aromatic rings. The number of carbonyl (C=O) groups is 13. The van der Waals surface area contributed by atoms with Crippen molar-refractivity contribution in [3.63, 3.8) is 0 Å². The summed E-state index contributed by atoms with van der Waals surface area (Å²) in [6, 6.07) is -3.98. The number of amides is 10. The Kier molecular flexibility index (Phi) is 27.4. The van der Waals surface area contributed by atoms with E-state index in [0.29, 0.717) is 5.56 Å². The van der Waals surface area contributed by atoms with Crippen LogP contribution in [0.1, 0.15) is 57.6 Å². The van der Waals surface area contributed by atoms with Crippen molar-refractivity contribution in [3.8, 4) is 5.75 Å². The monoisotopic (exact) mass is 1120 g/mol. The van der Waals surface area contributed by atoms with E-state index < -0.39 is 189 Å². The minimum atomic E-state index is -2.03. The van der Waals surface area contributed by atoms with Crippen molar-refractivity contribution in [2.45, 2.75) is 120 Å². The van der Waals surface area contributed by atoms with Crippen LogP contribution < -0.4 is 59.3 Å². The van der Waals surface area contributed by atoms with Gasteiger partial charge in [0.2, 0.25) is 59.1 Å². The molecule has 2 aromatic carbocycles. The summed E-state index contributed by atoms with van der Waals surface area (Å²) in [7, 11) is 0. The van der Waals surface area contributed by atoms with E-state index >= 15 is 0 Å². The van der Waals surface area contributed by atoms with Gasteiger partial charge in [-0.2, -0.15) is 0 Å². The number of aliphatic hydroxyl groups is 3. The van der Waals surface area contributed by atoms with Gasteiger partial charge in [0.05, 0.1) is 38.7 Å². The lowest BCUT2D eigenvalue weighted by Crippen LogP contribution is -2.62. The van der Waals surface area contributed by atoms with Gasteiger partial charge in [0.1, 0.15) is 60.1 Å². The number of carbonyl (C=O) groups excluding carboxylic acids is 10. The maximum absolute atomic E-state index is 13.9. The second kappa shape index (κ2) is 32.7. The molecule has 0 fully saturated rings. The first-order valence-electron chi connectivity index (χ1n) is 24.2. The van der Waals surface area contributed by atoms with Crippen LogP contribution in [0.15, 0.2) is 54.6 Å². The van der Waals surface area contributed by atoms with Crippen LogP contribution >= 0.6 is 0 Å². The lowest BCUT2D eigenvalue weighted by molar-refractivity contribution is -0.143. The maximum atomic E-state index is 13.9. The summed E-state index contributed by atoms with van der Waals surface area (Å²) in [5.74, 6) is -17.3. The number of aromatic hydroxyl groups is 1. The van der Waals surface area contributed by atoms with Crippen LogP contribution in [0.25, 0.3) is 0 Å². The first-order chi connectivity index (χ1) is 37.1. The third-order valence-corrected chi connectivity index (χ3v) is 11.4. The third-order valence-electron chi connectivity index (χ3n) is 11.4. The van der Waals surface area contributed by atoms with Gasteiger partial charge in [-0.1, -0.05) is 56.3 Å². The van der Waals surface area contributed by atoms with Gasteiger partial charge in [0, 0.05) is 19.3 Å². The molecule has 10 amide bonds. The largest absolute Gasteiger partial charge is 0.508 e. The quantitative estimate of drug-likeness (QED) is 0.0310. The summed E-state index contributed by atoms with van der Waals surface area (Å²) in [6.07, 6.45) is -3.47. The van der Waals surface area contributed by atoms with Gasteiger partial charge in [-0.3, -0.25) is 57.5 Å². The number of nitrogens with two attached hydrogens (primary N) is 2. The zero-order valence-corrected chi connectivity index (χ0v) is 43.0. The van der Waals surface area contributed by atoms with E-state index in [9.17, 15) is 93.0 Å². The van der Waals surface area contributed by atoms with E-state index in [4.69, 9.17) is 16.6 Å². The fraction of sp³-hybridized carbons (Fsp3) is 0.479. The molecule has 0 aromatic heterocycles. The third kappa shape index (κ3) is 23.1. The zero-order valence-electron chi connectivity index (χ0n) is 43.0. The molecular formula is C48H67N11O20. The topological polar surface area (TPSA) is 524 Å². The van der Waals surface area contributed by atoms with Gasteiger partial charge in [-0.15, -0.1) is 0 Å². The van der Waals surface area contributed by atoms with Crippen LogP contribution in [-0.2, 0) is 75.2 Å². The molecule has 2 rings (SSSR count). The number of phenolic OH excluding ortho intramolecular Hbond substituents is 1. The molecule has 0 radical (unpaired) electrons. The highest BCUT2D eigenvalue weighted by molar-refractivity contribution is 6.00. The van der Waals surface area contributed by atoms with Crippen molar-refractivity contribution in [2.24, 2.45) is 17.4 Å². The van der Waals surface area contributed by atoms with Gasteiger partial charge < -0.3 is 95.1 Å². The molecule has 0 spiro atoms. The Hall–Kier alpha value is -8.81. The highest BCUT2D eigenvalue weighted by Crippen LogP contribution is 2.13. The van der Waals surface area contributed by atoms with Crippen molar-refractivity contribution < 1.29 is 98.1 Å². The number of carboxylic acid groups (broad SMARTS) is 3. The summed E-state index contributed by atoms with van der Waals surface area (Å²) in [5.41, 5.74) is 11.8. The molecule has 79 heavy (non-hydrogen) atoms. The summed E-state index contributed by atoms with van der Waals surface area (Å²) in [4.78, 5) is 167. The maximum Gasteiger partial charge on any atom is 0.326 e. The average molecular weight is 1120 g/mol. The van der Waals surface area contributed by atoms with Gasteiger partial charge in [0.25, 0.3) is 0 Å². The summed E-state index contributed by atoms with van der Waals surface area (Å²) >= 11 is 0. The number of hydrogen-bond donors (Lipinski definition) is 18. The van der Waals surface area contributed by atoms with Gasteiger partial charge in [-0.05, 0) is 42.5 Å². The molecule has 20 N–H and O–H groups in total. The van der Waals surface area contributed by atoms with E-state index in [-0.39, 0.29) is 24.2 Å². The van der Waals surface area contributed by atoms with E-state index in [1.54, 1.807) is 30.3 Å². The number of carboxylic acids is 3. The van der Waals surface area contributed by atoms with Crippen molar-refractivity contribution in [3.05, 3.63) is 65.7 Å². The van der Waals surface area contributed by atoms with E-state index in [1.807, 2.05) is 0 Å². The van der Waals surface area contributed by atoms with Crippen LogP contribution in [-0.4, -0.2) is 193 Å². The molecule has 0 aliphatic heterocycles. The number of hydrogen-bond acceptors (Lipinski definition) is 18. The van der Waals surface area contributed by atoms with Gasteiger partial charge in [-0.25, -0.2) is 4.79 Å². The Morgan fingerprint density at radius 2 is 0.861 bits per heavy atom. The molecule has 0 unspecified atom stereocenters. The molecule has 0 saturated carbocycles. The number of nitrogens with one attached hydrogen (secondary N) is 9. The Bertz CT molecular complexity index is 2500. The molecule has 31 nitrogen and oxygen atoms in total. The van der Waals surface area contributed by atoms with Crippen LogP contribution in [0, 0.1) is 5.92 Å². The normalized spacial score (nSPS) is 14.7. The van der Waals surface area contributed by atoms with Crippen LogP contribution in [0.4, 0.5) is 0 Å². The molecule has 434 valence electrons. The average Bonchev–Trinajstić information content (AvgIpc) is 3.38. The SMILES string of the molecule is CC(C)[C@H](NC(=O)[C@H](CO)NC(=O)[C@@H](N)CCC(=O)O)C(=O)N[C@@H](CC(=O)O)C(=O)N[C@@H](CO)C(=O)N[C@@H](Cc1ccc(O)cc1)C(=O)N[C@@H](C)C(=O)N[C@@H](CC(N)=O)C(=O)N[C@@H](CO)C(=O)N[C@@H](Cc1ccccc1)C(=O)O. The summed E-state index contributed by atoms with van der Waals surface area (Å²) in [6.45, 7) is 0.621. The minimum Gasteiger partial charge on any atom is -0.508 e. The van der Waals surface area contributed by atoms with Crippen LogP contribution in [0.3, 0.4) is 0 Å². The van der Waals surface area contributed by atoms with Crippen molar-refractivity contribution in [1.29, 1.82) is 0 Å². The molecule has 0 bridgehead atoms. The molecule has 0 aliphatic carbocycles. The first-order valence-corrected chi connectivity index (χ1v) is 24.2. The van der Waals surface area contributed by atoms with E-state index in [2.05, 4.69) is 47.9 Å². The lowest BCUT2D eigenvalue weighted by Gasteiger charge is -2.28. The Balaban J connectivity index is 2.28. The van der Waals surface area contributed by atoms with Crippen molar-refractivity contribution >= 4 is 77.0 Å². The smallest absolute Gasteiger partial charge is 0.326 e. The number of primary amides is 1. The molecule has 0 heterocycles. The zero-order chi connectivity index (χ0) is 59.7. The fourth-order valence-electron chi connectivity index (χ4n) is 7.01. The fourth-order valence-corrected chi connectivity index (χ4v) is 7.01. The van der Waals surface area contributed by atoms with Crippen molar-refractivity contribution in [2.75, 3.05) is 19.8 Å². The first kappa shape index (κ1) is 66.3. The van der Waals surface area contributed by atoms with Crippen molar-refractivity contribution in [1.82, 2.24) is 47.9 Å². The molecule has 0 aliphatic rings. The number of aliphatic carboxylic acids is 3.